The van der Waals surface area contributed by atoms with Crippen LogP contribution in [0.4, 0.5) is 11.6 Å². The van der Waals surface area contributed by atoms with Gasteiger partial charge in [-0.2, -0.15) is 0 Å². The highest BCUT2D eigenvalue weighted by Gasteiger charge is 2.22. The van der Waals surface area contributed by atoms with Crippen molar-refractivity contribution in [1.82, 2.24) is 15.1 Å². The van der Waals surface area contributed by atoms with Crippen LogP contribution in [0.25, 0.3) is 22.5 Å². The van der Waals surface area contributed by atoms with Gasteiger partial charge in [-0.15, -0.1) is 0 Å². The molecule has 0 spiro atoms. The molecule has 0 aliphatic carbocycles. The molecule has 0 bridgehead atoms. The van der Waals surface area contributed by atoms with Crippen molar-refractivity contribution in [2.75, 3.05) is 17.2 Å². The summed E-state index contributed by atoms with van der Waals surface area (Å²) in [6.45, 7) is 1.50. The van der Waals surface area contributed by atoms with Gasteiger partial charge in [0.1, 0.15) is 17.2 Å². The molecule has 1 aliphatic rings. The third-order valence-corrected chi connectivity index (χ3v) is 5.43. The van der Waals surface area contributed by atoms with E-state index in [1.807, 2.05) is 24.3 Å². The number of rotatable bonds is 5. The number of carbonyl (C=O) groups is 1. The highest BCUT2D eigenvalue weighted by atomic mass is 16.5. The second kappa shape index (κ2) is 8.06. The van der Waals surface area contributed by atoms with Gasteiger partial charge in [0.15, 0.2) is 0 Å². The van der Waals surface area contributed by atoms with Gasteiger partial charge >= 0.3 is 0 Å². The number of aromatic nitrogens is 3. The van der Waals surface area contributed by atoms with Gasteiger partial charge in [0.25, 0.3) is 5.91 Å². The fourth-order valence-electron chi connectivity index (χ4n) is 3.86. The summed E-state index contributed by atoms with van der Waals surface area (Å²) in [4.78, 5) is 21.3. The Morgan fingerprint density at radius 3 is 2.81 bits per heavy atom. The molecule has 5 rings (SSSR count). The largest absolute Gasteiger partial charge is 0.370 e. The minimum absolute atomic E-state index is 0.308. The second-order valence-corrected chi connectivity index (χ2v) is 7.52. The van der Waals surface area contributed by atoms with Gasteiger partial charge in [0.2, 0.25) is 11.6 Å². The molecule has 0 saturated heterocycles. The van der Waals surface area contributed by atoms with Crippen LogP contribution in [0.2, 0.25) is 0 Å². The minimum Gasteiger partial charge on any atom is -0.370 e. The molecule has 2 aromatic heterocycles. The SMILES string of the molecule is NC(=O)c1cccc2c(-c3nc4c(c(NCc5ccccc5)n3)CCCCN4)onc12. The van der Waals surface area contributed by atoms with Crippen molar-refractivity contribution in [2.45, 2.75) is 25.8 Å². The number of hydrogen-bond acceptors (Lipinski definition) is 7. The van der Waals surface area contributed by atoms with Gasteiger partial charge in [0.05, 0.1) is 10.9 Å². The maximum Gasteiger partial charge on any atom is 0.251 e. The summed E-state index contributed by atoms with van der Waals surface area (Å²) in [5.74, 6) is 1.84. The smallest absolute Gasteiger partial charge is 0.251 e. The van der Waals surface area contributed by atoms with E-state index in [1.54, 1.807) is 12.1 Å². The monoisotopic (exact) mass is 414 g/mol. The number of benzene rings is 2. The molecule has 0 atom stereocenters. The van der Waals surface area contributed by atoms with Crippen molar-refractivity contribution < 1.29 is 9.32 Å². The fraction of sp³-hybridized carbons (Fsp3) is 0.217. The minimum atomic E-state index is -0.555. The number of hydrogen-bond donors (Lipinski definition) is 3. The predicted octanol–water partition coefficient (Wildman–Crippen LogP) is 3.74. The third-order valence-electron chi connectivity index (χ3n) is 5.43. The number of primary amides is 1. The van der Waals surface area contributed by atoms with Crippen LogP contribution in [0.15, 0.2) is 53.1 Å². The molecule has 31 heavy (non-hydrogen) atoms. The average molecular weight is 414 g/mol. The summed E-state index contributed by atoms with van der Waals surface area (Å²) in [7, 11) is 0. The summed E-state index contributed by atoms with van der Waals surface area (Å²) in [5.41, 5.74) is 8.43. The zero-order chi connectivity index (χ0) is 21.2. The van der Waals surface area contributed by atoms with Crippen molar-refractivity contribution >= 4 is 28.4 Å². The molecule has 4 N–H and O–H groups in total. The number of carbonyl (C=O) groups excluding carboxylic acids is 1. The summed E-state index contributed by atoms with van der Waals surface area (Å²) in [6, 6.07) is 15.4. The van der Waals surface area contributed by atoms with Crippen LogP contribution in [0.1, 0.15) is 34.3 Å². The Bertz CT molecular complexity index is 1250. The van der Waals surface area contributed by atoms with Crippen LogP contribution in [0, 0.1) is 0 Å². The molecule has 0 unspecified atom stereocenters. The Hall–Kier alpha value is -3.94. The molecule has 3 heterocycles. The lowest BCUT2D eigenvalue weighted by Crippen LogP contribution is -2.11. The first-order valence-electron chi connectivity index (χ1n) is 10.3. The van der Waals surface area contributed by atoms with E-state index >= 15 is 0 Å². The Kier molecular flexibility index (Phi) is 4.95. The Labute approximate surface area is 178 Å². The van der Waals surface area contributed by atoms with Gasteiger partial charge < -0.3 is 20.9 Å². The van der Waals surface area contributed by atoms with Crippen LogP contribution in [0.5, 0.6) is 0 Å². The Morgan fingerprint density at radius 1 is 1.10 bits per heavy atom. The number of amides is 1. The summed E-state index contributed by atoms with van der Waals surface area (Å²) >= 11 is 0. The van der Waals surface area contributed by atoms with E-state index in [2.05, 4.69) is 27.9 Å². The van der Waals surface area contributed by atoms with Gasteiger partial charge in [-0.3, -0.25) is 4.79 Å². The standard InChI is InChI=1S/C23H22N6O2/c24-20(30)16-11-6-10-15-18(16)29-31-19(15)23-27-21-17(9-4-5-12-25-21)22(28-23)26-13-14-7-2-1-3-8-14/h1-3,6-8,10-11H,4-5,9,12-13H2,(H2,24,30)(H2,25,26,27,28). The van der Waals surface area contributed by atoms with Crippen LogP contribution in [-0.2, 0) is 13.0 Å². The molecule has 1 amide bonds. The predicted molar refractivity (Wildman–Crippen MR) is 119 cm³/mol. The fourth-order valence-corrected chi connectivity index (χ4v) is 3.86. The first-order chi connectivity index (χ1) is 15.2. The quantitative estimate of drug-likeness (QED) is 0.455. The van der Waals surface area contributed by atoms with E-state index in [1.165, 1.54) is 0 Å². The maximum absolute atomic E-state index is 11.8. The first kappa shape index (κ1) is 19.0. The molecule has 4 aromatic rings. The van der Waals surface area contributed by atoms with E-state index in [0.29, 0.717) is 34.6 Å². The number of nitrogens with two attached hydrogens (primary N) is 1. The average Bonchev–Trinajstić information content (AvgIpc) is 3.08. The van der Waals surface area contributed by atoms with Gasteiger partial charge in [-0.1, -0.05) is 41.6 Å². The van der Waals surface area contributed by atoms with Crippen molar-refractivity contribution in [3.8, 4) is 11.6 Å². The van der Waals surface area contributed by atoms with Gasteiger partial charge in [0, 0.05) is 18.7 Å². The Morgan fingerprint density at radius 2 is 1.97 bits per heavy atom. The lowest BCUT2D eigenvalue weighted by Gasteiger charge is -2.14. The van der Waals surface area contributed by atoms with Crippen molar-refractivity contribution in [1.29, 1.82) is 0 Å². The lowest BCUT2D eigenvalue weighted by molar-refractivity contribution is 0.100. The Balaban J connectivity index is 1.59. The molecule has 1 aliphatic heterocycles. The summed E-state index contributed by atoms with van der Waals surface area (Å²) < 4.78 is 5.59. The molecule has 156 valence electrons. The number of nitrogens with one attached hydrogen (secondary N) is 2. The number of fused-ring (bicyclic) bond motifs is 2. The van der Waals surface area contributed by atoms with Crippen molar-refractivity contribution in [3.05, 3.63) is 65.2 Å². The van der Waals surface area contributed by atoms with Crippen molar-refractivity contribution in [3.63, 3.8) is 0 Å². The van der Waals surface area contributed by atoms with E-state index in [0.717, 1.165) is 48.6 Å². The van der Waals surface area contributed by atoms with Crippen LogP contribution in [-0.4, -0.2) is 27.6 Å². The molecule has 8 nitrogen and oxygen atoms in total. The highest BCUT2D eigenvalue weighted by Crippen LogP contribution is 2.33. The van der Waals surface area contributed by atoms with Crippen LogP contribution in [0.3, 0.4) is 0 Å². The van der Waals surface area contributed by atoms with Gasteiger partial charge in [-0.25, -0.2) is 9.97 Å². The number of anilines is 2. The van der Waals surface area contributed by atoms with E-state index < -0.39 is 5.91 Å². The van der Waals surface area contributed by atoms with E-state index in [4.69, 9.17) is 20.2 Å². The van der Waals surface area contributed by atoms with E-state index in [9.17, 15) is 4.79 Å². The van der Waals surface area contributed by atoms with Crippen LogP contribution < -0.4 is 16.4 Å². The maximum atomic E-state index is 11.8. The van der Waals surface area contributed by atoms with Crippen molar-refractivity contribution in [2.24, 2.45) is 5.73 Å². The number of nitrogens with zero attached hydrogens (tertiary/aromatic N) is 3. The summed E-state index contributed by atoms with van der Waals surface area (Å²) in [6.07, 6.45) is 3.02. The van der Waals surface area contributed by atoms with Gasteiger partial charge in [-0.05, 0) is 37.0 Å². The lowest BCUT2D eigenvalue weighted by atomic mass is 10.1. The van der Waals surface area contributed by atoms with Crippen LogP contribution >= 0.6 is 0 Å². The summed E-state index contributed by atoms with van der Waals surface area (Å²) in [5, 5.41) is 11.6. The molecule has 2 aromatic carbocycles. The highest BCUT2D eigenvalue weighted by molar-refractivity contribution is 6.07. The molecule has 0 fully saturated rings. The zero-order valence-electron chi connectivity index (χ0n) is 16.9. The zero-order valence-corrected chi connectivity index (χ0v) is 16.9. The normalized spacial score (nSPS) is 13.3. The molecule has 0 saturated carbocycles. The molecular weight excluding hydrogens is 392 g/mol. The first-order valence-corrected chi connectivity index (χ1v) is 10.3. The topological polar surface area (TPSA) is 119 Å². The molecule has 0 radical (unpaired) electrons. The molecular formula is C23H22N6O2. The third kappa shape index (κ3) is 3.68. The second-order valence-electron chi connectivity index (χ2n) is 7.52. The molecule has 8 heteroatoms. The van der Waals surface area contributed by atoms with E-state index in [-0.39, 0.29) is 0 Å².